The summed E-state index contributed by atoms with van der Waals surface area (Å²) in [4.78, 5) is 11.8. The number of carbonyl (C=O) groups is 1. The zero-order chi connectivity index (χ0) is 12.8. The maximum Gasteiger partial charge on any atom is 0.242 e. The molecule has 2 aromatic rings. The molecule has 94 valence electrons. The molecule has 0 saturated heterocycles. The molecule has 5 heteroatoms. The molecule has 0 aliphatic heterocycles. The molecule has 1 N–H and O–H groups in total. The molecule has 0 saturated carbocycles. The summed E-state index contributed by atoms with van der Waals surface area (Å²) in [6, 6.07) is 11.1. The van der Waals surface area contributed by atoms with Crippen molar-refractivity contribution in [2.24, 2.45) is 0 Å². The lowest BCUT2D eigenvalue weighted by Gasteiger charge is -2.10. The van der Waals surface area contributed by atoms with Gasteiger partial charge in [0.1, 0.15) is 5.38 Å². The van der Waals surface area contributed by atoms with Gasteiger partial charge >= 0.3 is 0 Å². The zero-order valence-corrected chi connectivity index (χ0v) is 10.5. The van der Waals surface area contributed by atoms with E-state index < -0.39 is 5.38 Å². The van der Waals surface area contributed by atoms with Gasteiger partial charge in [0.2, 0.25) is 5.91 Å². The second kappa shape index (κ2) is 6.21. The SMILES string of the molecule is O=C(NCCn1cccn1)C(Cl)c1ccccc1. The number of benzene rings is 1. The van der Waals surface area contributed by atoms with E-state index in [-0.39, 0.29) is 5.91 Å². The number of hydrogen-bond acceptors (Lipinski definition) is 2. The summed E-state index contributed by atoms with van der Waals surface area (Å²) in [5.41, 5.74) is 0.802. The average molecular weight is 264 g/mol. The lowest BCUT2D eigenvalue weighted by atomic mass is 10.1. The van der Waals surface area contributed by atoms with Crippen molar-refractivity contribution >= 4 is 17.5 Å². The maximum atomic E-state index is 11.8. The Labute approximate surface area is 111 Å². The first-order valence-electron chi connectivity index (χ1n) is 5.71. The van der Waals surface area contributed by atoms with Crippen molar-refractivity contribution in [3.8, 4) is 0 Å². The van der Waals surface area contributed by atoms with Crippen LogP contribution < -0.4 is 5.32 Å². The third kappa shape index (κ3) is 3.34. The van der Waals surface area contributed by atoms with Crippen molar-refractivity contribution in [2.75, 3.05) is 6.54 Å². The Kier molecular flexibility index (Phi) is 4.36. The zero-order valence-electron chi connectivity index (χ0n) is 9.79. The molecule has 1 aromatic carbocycles. The van der Waals surface area contributed by atoms with Crippen LogP contribution in [0.25, 0.3) is 0 Å². The van der Waals surface area contributed by atoms with Gasteiger partial charge in [0.05, 0.1) is 6.54 Å². The summed E-state index contributed by atoms with van der Waals surface area (Å²) in [5, 5.41) is 6.19. The summed E-state index contributed by atoms with van der Waals surface area (Å²) in [5.74, 6) is -0.185. The molecule has 0 radical (unpaired) electrons. The fourth-order valence-corrected chi connectivity index (χ4v) is 1.81. The number of alkyl halides is 1. The number of nitrogens with zero attached hydrogens (tertiary/aromatic N) is 2. The van der Waals surface area contributed by atoms with E-state index in [1.807, 2.05) is 42.6 Å². The van der Waals surface area contributed by atoms with Crippen molar-refractivity contribution in [3.63, 3.8) is 0 Å². The van der Waals surface area contributed by atoms with E-state index in [9.17, 15) is 4.79 Å². The molecule has 1 aromatic heterocycles. The molecular weight excluding hydrogens is 250 g/mol. The average Bonchev–Trinajstić information content (AvgIpc) is 2.92. The molecule has 0 fully saturated rings. The molecule has 4 nitrogen and oxygen atoms in total. The monoisotopic (exact) mass is 263 g/mol. The Bertz CT molecular complexity index is 484. The predicted octanol–water partition coefficient (Wildman–Crippen LogP) is 1.98. The van der Waals surface area contributed by atoms with Crippen molar-refractivity contribution < 1.29 is 4.79 Å². The van der Waals surface area contributed by atoms with Crippen LogP contribution in [0.4, 0.5) is 0 Å². The molecule has 1 atom stereocenters. The van der Waals surface area contributed by atoms with Crippen LogP contribution in [-0.4, -0.2) is 22.2 Å². The third-order valence-corrected chi connectivity index (χ3v) is 2.97. The molecule has 0 aliphatic carbocycles. The highest BCUT2D eigenvalue weighted by Crippen LogP contribution is 2.19. The van der Waals surface area contributed by atoms with Crippen LogP contribution in [0.3, 0.4) is 0 Å². The van der Waals surface area contributed by atoms with E-state index in [2.05, 4.69) is 10.4 Å². The van der Waals surface area contributed by atoms with Gasteiger partial charge in [-0.15, -0.1) is 11.6 Å². The van der Waals surface area contributed by atoms with Gasteiger partial charge in [-0.05, 0) is 11.6 Å². The Morgan fingerprint density at radius 1 is 1.33 bits per heavy atom. The van der Waals surface area contributed by atoms with E-state index in [0.29, 0.717) is 13.1 Å². The summed E-state index contributed by atoms with van der Waals surface area (Å²) in [6.45, 7) is 1.15. The normalized spacial score (nSPS) is 12.1. The van der Waals surface area contributed by atoms with Gasteiger partial charge in [0.15, 0.2) is 0 Å². The minimum absolute atomic E-state index is 0.185. The molecule has 0 spiro atoms. The highest BCUT2D eigenvalue weighted by molar-refractivity contribution is 6.30. The molecular formula is C13H14ClN3O. The van der Waals surface area contributed by atoms with Crippen molar-refractivity contribution in [1.82, 2.24) is 15.1 Å². The number of carbonyl (C=O) groups excluding carboxylic acids is 1. The minimum Gasteiger partial charge on any atom is -0.353 e. The summed E-state index contributed by atoms with van der Waals surface area (Å²) in [6.07, 6.45) is 3.55. The number of aromatic nitrogens is 2. The lowest BCUT2D eigenvalue weighted by Crippen LogP contribution is -2.30. The highest BCUT2D eigenvalue weighted by Gasteiger charge is 2.16. The van der Waals surface area contributed by atoms with E-state index in [4.69, 9.17) is 11.6 Å². The van der Waals surface area contributed by atoms with Crippen LogP contribution >= 0.6 is 11.6 Å². The first kappa shape index (κ1) is 12.6. The second-order valence-corrected chi connectivity index (χ2v) is 4.27. The van der Waals surface area contributed by atoms with Crippen LogP contribution in [0.2, 0.25) is 0 Å². The van der Waals surface area contributed by atoms with Gasteiger partial charge < -0.3 is 5.32 Å². The molecule has 1 unspecified atom stereocenters. The van der Waals surface area contributed by atoms with Gasteiger partial charge in [-0.3, -0.25) is 9.48 Å². The van der Waals surface area contributed by atoms with Gasteiger partial charge in [0.25, 0.3) is 0 Å². The largest absolute Gasteiger partial charge is 0.353 e. The first-order valence-corrected chi connectivity index (χ1v) is 6.15. The number of rotatable bonds is 5. The van der Waals surface area contributed by atoms with Crippen molar-refractivity contribution in [2.45, 2.75) is 11.9 Å². The number of hydrogen-bond donors (Lipinski definition) is 1. The predicted molar refractivity (Wildman–Crippen MR) is 70.3 cm³/mol. The molecule has 18 heavy (non-hydrogen) atoms. The molecule has 2 rings (SSSR count). The van der Waals surface area contributed by atoms with Gasteiger partial charge in [0, 0.05) is 18.9 Å². The summed E-state index contributed by atoms with van der Waals surface area (Å²) in [7, 11) is 0. The third-order valence-electron chi connectivity index (χ3n) is 2.52. The Morgan fingerprint density at radius 2 is 2.11 bits per heavy atom. The fourth-order valence-electron chi connectivity index (χ4n) is 1.59. The van der Waals surface area contributed by atoms with Crippen LogP contribution in [0.1, 0.15) is 10.9 Å². The highest BCUT2D eigenvalue weighted by atomic mass is 35.5. The Balaban J connectivity index is 1.81. The minimum atomic E-state index is -0.649. The van der Waals surface area contributed by atoms with Crippen LogP contribution in [0.15, 0.2) is 48.8 Å². The van der Waals surface area contributed by atoms with E-state index in [1.54, 1.807) is 10.9 Å². The maximum absolute atomic E-state index is 11.8. The van der Waals surface area contributed by atoms with Crippen LogP contribution in [-0.2, 0) is 11.3 Å². The van der Waals surface area contributed by atoms with E-state index in [1.165, 1.54) is 0 Å². The molecule has 1 heterocycles. The Hall–Kier alpha value is -1.81. The standard InChI is InChI=1S/C13H14ClN3O/c14-12(11-5-2-1-3-6-11)13(18)15-8-10-17-9-4-7-16-17/h1-7,9,12H,8,10H2,(H,15,18). The van der Waals surface area contributed by atoms with Gasteiger partial charge in [-0.2, -0.15) is 5.10 Å². The Morgan fingerprint density at radius 3 is 2.78 bits per heavy atom. The molecule has 0 bridgehead atoms. The molecule has 1 amide bonds. The second-order valence-electron chi connectivity index (χ2n) is 3.83. The summed E-state index contributed by atoms with van der Waals surface area (Å²) < 4.78 is 1.76. The van der Waals surface area contributed by atoms with Crippen molar-refractivity contribution in [3.05, 3.63) is 54.4 Å². The number of amides is 1. The number of nitrogens with one attached hydrogen (secondary N) is 1. The fraction of sp³-hybridized carbons (Fsp3) is 0.231. The number of halogens is 1. The van der Waals surface area contributed by atoms with Crippen LogP contribution in [0.5, 0.6) is 0 Å². The van der Waals surface area contributed by atoms with Crippen molar-refractivity contribution in [1.29, 1.82) is 0 Å². The topological polar surface area (TPSA) is 46.9 Å². The van der Waals surface area contributed by atoms with Gasteiger partial charge in [-0.25, -0.2) is 0 Å². The summed E-state index contributed by atoms with van der Waals surface area (Å²) >= 11 is 6.08. The van der Waals surface area contributed by atoms with E-state index >= 15 is 0 Å². The first-order chi connectivity index (χ1) is 8.77. The van der Waals surface area contributed by atoms with Crippen LogP contribution in [0, 0.1) is 0 Å². The van der Waals surface area contributed by atoms with Gasteiger partial charge in [-0.1, -0.05) is 30.3 Å². The lowest BCUT2D eigenvalue weighted by molar-refractivity contribution is -0.120. The smallest absolute Gasteiger partial charge is 0.242 e. The van der Waals surface area contributed by atoms with E-state index in [0.717, 1.165) is 5.56 Å². The molecule has 0 aliphatic rings. The quantitative estimate of drug-likeness (QED) is 0.839.